The lowest BCUT2D eigenvalue weighted by atomic mass is 10.2. The largest absolute Gasteiger partial charge is 0.494 e. The summed E-state index contributed by atoms with van der Waals surface area (Å²) < 4.78 is 11.4. The first-order valence-electron chi connectivity index (χ1n) is 8.23. The molecule has 8 heteroatoms. The second kappa shape index (κ2) is 7.16. The number of fused-ring (bicyclic) bond motifs is 1. The number of carbonyl (C=O) groups excluding carboxylic acids is 1. The molecule has 4 aromatic rings. The van der Waals surface area contributed by atoms with E-state index in [1.807, 2.05) is 30.3 Å². The molecule has 0 saturated heterocycles. The molecule has 1 aromatic carbocycles. The molecule has 7 nitrogen and oxygen atoms in total. The minimum absolute atomic E-state index is 0.239. The average Bonchev–Trinajstić information content (AvgIpc) is 3.32. The number of thiazole rings is 1. The van der Waals surface area contributed by atoms with Crippen molar-refractivity contribution in [3.63, 3.8) is 0 Å². The number of nitrogens with zero attached hydrogens (tertiary/aromatic N) is 4. The lowest BCUT2D eigenvalue weighted by molar-refractivity contribution is 0.0976. The molecule has 0 atom stereocenters. The van der Waals surface area contributed by atoms with Gasteiger partial charge in [0.15, 0.2) is 10.8 Å². The summed E-state index contributed by atoms with van der Waals surface area (Å²) in [5.74, 6) is 0.959. The molecule has 0 saturated carbocycles. The summed E-state index contributed by atoms with van der Waals surface area (Å²) >= 11 is 1.42. The fourth-order valence-electron chi connectivity index (χ4n) is 2.70. The second-order valence-corrected chi connectivity index (χ2v) is 6.89. The highest BCUT2D eigenvalue weighted by Crippen LogP contribution is 2.35. The molecule has 0 unspecified atom stereocenters. The van der Waals surface area contributed by atoms with Crippen LogP contribution in [0, 0.1) is 6.92 Å². The molecule has 27 heavy (non-hydrogen) atoms. The van der Waals surface area contributed by atoms with Gasteiger partial charge in [0.1, 0.15) is 17.0 Å². The van der Waals surface area contributed by atoms with Crippen molar-refractivity contribution in [2.24, 2.45) is 0 Å². The van der Waals surface area contributed by atoms with Crippen molar-refractivity contribution in [2.75, 3.05) is 12.0 Å². The van der Waals surface area contributed by atoms with E-state index in [1.54, 1.807) is 37.4 Å². The molecule has 136 valence electrons. The van der Waals surface area contributed by atoms with Gasteiger partial charge < -0.3 is 9.26 Å². The maximum Gasteiger partial charge on any atom is 0.282 e. The molecule has 0 bridgehead atoms. The predicted octanol–water partition coefficient (Wildman–Crippen LogP) is 3.84. The quantitative estimate of drug-likeness (QED) is 0.523. The van der Waals surface area contributed by atoms with E-state index in [4.69, 9.17) is 9.26 Å². The summed E-state index contributed by atoms with van der Waals surface area (Å²) in [7, 11) is 1.60. The van der Waals surface area contributed by atoms with Crippen molar-refractivity contribution >= 4 is 32.6 Å². The highest BCUT2D eigenvalue weighted by Gasteiger charge is 2.25. The van der Waals surface area contributed by atoms with Crippen molar-refractivity contribution in [3.8, 4) is 5.75 Å². The van der Waals surface area contributed by atoms with Gasteiger partial charge >= 0.3 is 0 Å². The summed E-state index contributed by atoms with van der Waals surface area (Å²) in [6.07, 6.45) is 3.42. The maximum absolute atomic E-state index is 13.1. The minimum atomic E-state index is -0.284. The monoisotopic (exact) mass is 380 g/mol. The zero-order chi connectivity index (χ0) is 18.8. The molecule has 0 radical (unpaired) electrons. The highest BCUT2D eigenvalue weighted by molar-refractivity contribution is 7.22. The number of hydrogen-bond donors (Lipinski definition) is 0. The first-order valence-corrected chi connectivity index (χ1v) is 9.05. The summed E-state index contributed by atoms with van der Waals surface area (Å²) in [6, 6.07) is 11.1. The third-order valence-corrected chi connectivity index (χ3v) is 5.02. The maximum atomic E-state index is 13.1. The zero-order valence-corrected chi connectivity index (χ0v) is 15.6. The number of aryl methyl sites for hydroxylation is 1. The molecule has 0 aliphatic heterocycles. The number of amides is 1. The Kier molecular flexibility index (Phi) is 4.55. The number of aromatic nitrogens is 3. The molecule has 0 fully saturated rings. The van der Waals surface area contributed by atoms with Crippen LogP contribution in [0.3, 0.4) is 0 Å². The van der Waals surface area contributed by atoms with Gasteiger partial charge in [-0.1, -0.05) is 28.6 Å². The smallest absolute Gasteiger partial charge is 0.282 e. The molecule has 0 aliphatic rings. The molecular formula is C19H16N4O3S. The first-order chi connectivity index (χ1) is 13.2. The van der Waals surface area contributed by atoms with E-state index in [9.17, 15) is 4.79 Å². The molecule has 1 amide bonds. The van der Waals surface area contributed by atoms with Crippen molar-refractivity contribution < 1.29 is 14.1 Å². The van der Waals surface area contributed by atoms with E-state index in [0.29, 0.717) is 23.2 Å². The van der Waals surface area contributed by atoms with Crippen LogP contribution in [0.2, 0.25) is 0 Å². The van der Waals surface area contributed by atoms with E-state index in [-0.39, 0.29) is 11.6 Å². The number of benzene rings is 1. The topological polar surface area (TPSA) is 81.4 Å². The number of hydrogen-bond acceptors (Lipinski definition) is 7. The lowest BCUT2D eigenvalue weighted by Gasteiger charge is -2.18. The number of methoxy groups -OCH3 is 1. The Bertz CT molecular complexity index is 1090. The fourth-order valence-corrected chi connectivity index (χ4v) is 3.68. The van der Waals surface area contributed by atoms with E-state index in [0.717, 1.165) is 15.8 Å². The van der Waals surface area contributed by atoms with Crippen molar-refractivity contribution in [3.05, 3.63) is 65.8 Å². The molecule has 0 aliphatic carbocycles. The van der Waals surface area contributed by atoms with Gasteiger partial charge in [-0.2, -0.15) is 0 Å². The first kappa shape index (κ1) is 17.2. The Balaban J connectivity index is 1.78. The fraction of sp³-hybridized carbons (Fsp3) is 0.158. The van der Waals surface area contributed by atoms with E-state index < -0.39 is 0 Å². The number of pyridine rings is 1. The van der Waals surface area contributed by atoms with Gasteiger partial charge in [-0.05, 0) is 30.7 Å². The predicted molar refractivity (Wildman–Crippen MR) is 102 cm³/mol. The summed E-state index contributed by atoms with van der Waals surface area (Å²) in [5, 5.41) is 4.42. The van der Waals surface area contributed by atoms with E-state index in [1.165, 1.54) is 11.3 Å². The molecule has 3 aromatic heterocycles. The summed E-state index contributed by atoms with van der Waals surface area (Å²) in [5.41, 5.74) is 1.85. The Hall–Kier alpha value is -3.26. The van der Waals surface area contributed by atoms with Crippen molar-refractivity contribution in [1.29, 1.82) is 0 Å². The number of ether oxygens (including phenoxy) is 1. The SMILES string of the molecule is COc1cccc2sc(N(Cc3cccnc3)C(=O)c3cc(C)on3)nc12. The molecule has 0 N–H and O–H groups in total. The van der Waals surface area contributed by atoms with Gasteiger partial charge in [0.05, 0.1) is 18.4 Å². The van der Waals surface area contributed by atoms with Crippen LogP contribution < -0.4 is 9.64 Å². The van der Waals surface area contributed by atoms with Crippen LogP contribution in [0.5, 0.6) is 5.75 Å². The van der Waals surface area contributed by atoms with Crippen LogP contribution in [-0.4, -0.2) is 28.1 Å². The zero-order valence-electron chi connectivity index (χ0n) is 14.7. The van der Waals surface area contributed by atoms with Crippen LogP contribution in [0.15, 0.2) is 53.3 Å². The van der Waals surface area contributed by atoms with Crippen LogP contribution >= 0.6 is 11.3 Å². The molecular weight excluding hydrogens is 364 g/mol. The molecule has 3 heterocycles. The van der Waals surface area contributed by atoms with Crippen LogP contribution in [0.25, 0.3) is 10.2 Å². The van der Waals surface area contributed by atoms with Crippen LogP contribution in [0.4, 0.5) is 5.13 Å². The Labute approximate surface area is 159 Å². The van der Waals surface area contributed by atoms with Gasteiger partial charge in [0.2, 0.25) is 0 Å². The number of anilines is 1. The van der Waals surface area contributed by atoms with Crippen LogP contribution in [-0.2, 0) is 6.54 Å². The van der Waals surface area contributed by atoms with Gasteiger partial charge in [-0.25, -0.2) is 4.98 Å². The standard InChI is InChI=1S/C19H16N4O3S/c1-12-9-14(22-26-12)18(24)23(11-13-5-4-8-20-10-13)19-21-17-15(25-2)6-3-7-16(17)27-19/h3-10H,11H2,1-2H3. The number of rotatable bonds is 5. The third-order valence-electron chi connectivity index (χ3n) is 3.98. The van der Waals surface area contributed by atoms with Gasteiger partial charge in [0, 0.05) is 18.5 Å². The van der Waals surface area contributed by atoms with E-state index >= 15 is 0 Å². The lowest BCUT2D eigenvalue weighted by Crippen LogP contribution is -2.30. The van der Waals surface area contributed by atoms with Gasteiger partial charge in [0.25, 0.3) is 5.91 Å². The van der Waals surface area contributed by atoms with Crippen LogP contribution in [0.1, 0.15) is 21.8 Å². The Morgan fingerprint density at radius 3 is 2.89 bits per heavy atom. The minimum Gasteiger partial charge on any atom is -0.494 e. The Morgan fingerprint density at radius 1 is 1.30 bits per heavy atom. The average molecular weight is 380 g/mol. The summed E-state index contributed by atoms with van der Waals surface area (Å²) in [4.78, 5) is 23.5. The van der Waals surface area contributed by atoms with Gasteiger partial charge in [-0.3, -0.25) is 14.7 Å². The number of para-hydroxylation sites is 1. The van der Waals surface area contributed by atoms with Gasteiger partial charge in [-0.15, -0.1) is 0 Å². The third kappa shape index (κ3) is 3.39. The van der Waals surface area contributed by atoms with Crippen molar-refractivity contribution in [1.82, 2.24) is 15.1 Å². The molecule has 4 rings (SSSR count). The highest BCUT2D eigenvalue weighted by atomic mass is 32.1. The van der Waals surface area contributed by atoms with E-state index in [2.05, 4.69) is 15.1 Å². The Morgan fingerprint density at radius 2 is 2.19 bits per heavy atom. The summed E-state index contributed by atoms with van der Waals surface area (Å²) in [6.45, 7) is 2.07. The molecule has 0 spiro atoms. The normalized spacial score (nSPS) is 10.9. The number of carbonyl (C=O) groups is 1. The van der Waals surface area contributed by atoms with Crippen molar-refractivity contribution in [2.45, 2.75) is 13.5 Å². The second-order valence-electron chi connectivity index (χ2n) is 5.88.